The number of hydrogen-bond donors (Lipinski definition) is 1. The number of carbonyl (C=O) groups excluding carboxylic acids is 1. The van der Waals surface area contributed by atoms with Gasteiger partial charge in [0.25, 0.3) is 0 Å². The molecular weight excluding hydrogens is 356 g/mol. The molecule has 3 aromatic rings. The van der Waals surface area contributed by atoms with Crippen LogP contribution >= 0.6 is 0 Å². The monoisotopic (exact) mass is 380 g/mol. The second kappa shape index (κ2) is 7.01. The van der Waals surface area contributed by atoms with E-state index in [0.29, 0.717) is 23.7 Å². The average molecular weight is 380 g/mol. The van der Waals surface area contributed by atoms with Crippen molar-refractivity contribution in [3.63, 3.8) is 0 Å². The highest BCUT2D eigenvalue weighted by Gasteiger charge is 2.31. The van der Waals surface area contributed by atoms with Crippen LogP contribution in [-0.4, -0.2) is 55.4 Å². The number of fused-ring (bicyclic) bond motifs is 2. The molecule has 0 aromatic carbocycles. The van der Waals surface area contributed by atoms with Crippen LogP contribution in [0, 0.1) is 0 Å². The van der Waals surface area contributed by atoms with Gasteiger partial charge in [-0.15, -0.1) is 0 Å². The molecule has 2 aliphatic rings. The highest BCUT2D eigenvalue weighted by molar-refractivity contribution is 5.95. The van der Waals surface area contributed by atoms with E-state index in [9.17, 15) is 4.79 Å². The van der Waals surface area contributed by atoms with E-state index in [2.05, 4.69) is 25.2 Å². The number of aromatic nitrogens is 5. The number of aromatic amines is 1. The van der Waals surface area contributed by atoms with Gasteiger partial charge < -0.3 is 4.74 Å². The molecule has 1 N–H and O–H groups in total. The standard InChI is InChI=1S/C20H24N6O2/c1-2-28-20(27)16-10-22-26-12-13(9-21-19(16)26)11-25-7-5-15-17(6-8-25)23-24-18(15)14-3-4-14/h9-10,12,14H,2-8,11H2,1H3,(H,23,24). The van der Waals surface area contributed by atoms with E-state index in [4.69, 9.17) is 4.74 Å². The first-order valence-electron chi connectivity index (χ1n) is 10.0. The van der Waals surface area contributed by atoms with Gasteiger partial charge in [-0.2, -0.15) is 10.2 Å². The zero-order valence-electron chi connectivity index (χ0n) is 16.0. The van der Waals surface area contributed by atoms with Gasteiger partial charge in [-0.1, -0.05) is 0 Å². The van der Waals surface area contributed by atoms with Gasteiger partial charge in [-0.3, -0.25) is 10.00 Å². The summed E-state index contributed by atoms with van der Waals surface area (Å²) in [7, 11) is 0. The summed E-state index contributed by atoms with van der Waals surface area (Å²) in [5.74, 6) is 0.304. The lowest BCUT2D eigenvalue weighted by atomic mass is 10.1. The van der Waals surface area contributed by atoms with Crippen LogP contribution in [0.15, 0.2) is 18.6 Å². The van der Waals surface area contributed by atoms with Crippen LogP contribution in [0.2, 0.25) is 0 Å². The van der Waals surface area contributed by atoms with Gasteiger partial charge >= 0.3 is 5.97 Å². The number of esters is 1. The Labute approximate surface area is 162 Å². The second-order valence-corrected chi connectivity index (χ2v) is 7.63. The van der Waals surface area contributed by atoms with Crippen molar-refractivity contribution in [2.75, 3.05) is 19.7 Å². The van der Waals surface area contributed by atoms with Crippen LogP contribution in [0.25, 0.3) is 5.65 Å². The minimum atomic E-state index is -0.383. The fraction of sp³-hybridized carbons (Fsp3) is 0.500. The van der Waals surface area contributed by atoms with Crippen LogP contribution in [0.3, 0.4) is 0 Å². The summed E-state index contributed by atoms with van der Waals surface area (Å²) in [6, 6.07) is 0. The molecule has 0 saturated heterocycles. The SMILES string of the molecule is CCOC(=O)c1cnn2cc(CN3CCc4[nH]nc(C5CC5)c4CC3)cnc12. The Balaban J connectivity index is 1.30. The molecular formula is C20H24N6O2. The number of hydrogen-bond acceptors (Lipinski definition) is 6. The van der Waals surface area contributed by atoms with Crippen molar-refractivity contribution < 1.29 is 9.53 Å². The van der Waals surface area contributed by atoms with Crippen LogP contribution in [-0.2, 0) is 24.1 Å². The van der Waals surface area contributed by atoms with Crippen molar-refractivity contribution in [1.29, 1.82) is 0 Å². The van der Waals surface area contributed by atoms with Crippen LogP contribution in [0.4, 0.5) is 0 Å². The predicted octanol–water partition coefficient (Wildman–Crippen LogP) is 2.11. The number of carbonyl (C=O) groups is 1. The van der Waals surface area contributed by atoms with Crippen molar-refractivity contribution in [3.05, 3.63) is 46.7 Å². The molecule has 8 heteroatoms. The molecule has 3 aromatic heterocycles. The van der Waals surface area contributed by atoms with E-state index in [0.717, 1.165) is 38.0 Å². The molecule has 0 radical (unpaired) electrons. The molecule has 0 spiro atoms. The quantitative estimate of drug-likeness (QED) is 0.682. The molecule has 0 unspecified atom stereocenters. The predicted molar refractivity (Wildman–Crippen MR) is 102 cm³/mol. The number of nitrogens with zero attached hydrogens (tertiary/aromatic N) is 5. The summed E-state index contributed by atoms with van der Waals surface area (Å²) in [5, 5.41) is 12.1. The molecule has 4 heterocycles. The fourth-order valence-corrected chi connectivity index (χ4v) is 4.01. The first-order chi connectivity index (χ1) is 13.7. The van der Waals surface area contributed by atoms with E-state index in [1.807, 2.05) is 12.4 Å². The van der Waals surface area contributed by atoms with Crippen LogP contribution in [0.1, 0.15) is 58.6 Å². The number of ether oxygens (including phenoxy) is 1. The van der Waals surface area contributed by atoms with Gasteiger partial charge in [0.15, 0.2) is 5.65 Å². The van der Waals surface area contributed by atoms with E-state index in [1.165, 1.54) is 36.0 Å². The molecule has 1 saturated carbocycles. The molecule has 8 nitrogen and oxygen atoms in total. The average Bonchev–Trinajstić information content (AvgIpc) is 3.38. The summed E-state index contributed by atoms with van der Waals surface area (Å²) in [4.78, 5) is 18.9. The largest absolute Gasteiger partial charge is 0.462 e. The number of rotatable bonds is 5. The minimum absolute atomic E-state index is 0.337. The maximum atomic E-state index is 12.0. The number of nitrogens with one attached hydrogen (secondary N) is 1. The summed E-state index contributed by atoms with van der Waals surface area (Å²) >= 11 is 0. The normalized spacial score (nSPS) is 17.5. The van der Waals surface area contributed by atoms with Crippen molar-refractivity contribution in [1.82, 2.24) is 29.7 Å². The molecule has 1 aliphatic carbocycles. The van der Waals surface area contributed by atoms with Gasteiger partial charge in [0.2, 0.25) is 0 Å². The number of H-pyrrole nitrogens is 1. The fourth-order valence-electron chi connectivity index (χ4n) is 4.01. The smallest absolute Gasteiger partial charge is 0.343 e. The third-order valence-electron chi connectivity index (χ3n) is 5.62. The van der Waals surface area contributed by atoms with Gasteiger partial charge in [0.1, 0.15) is 5.56 Å². The Hall–Kier alpha value is -2.74. The lowest BCUT2D eigenvalue weighted by Gasteiger charge is -2.19. The van der Waals surface area contributed by atoms with Crippen molar-refractivity contribution in [2.24, 2.45) is 0 Å². The van der Waals surface area contributed by atoms with Gasteiger partial charge in [-0.25, -0.2) is 14.3 Å². The zero-order chi connectivity index (χ0) is 19.1. The van der Waals surface area contributed by atoms with E-state index in [1.54, 1.807) is 11.4 Å². The third-order valence-corrected chi connectivity index (χ3v) is 5.62. The van der Waals surface area contributed by atoms with Gasteiger partial charge in [0.05, 0.1) is 18.5 Å². The zero-order valence-corrected chi connectivity index (χ0v) is 16.0. The first kappa shape index (κ1) is 17.4. The summed E-state index contributed by atoms with van der Waals surface area (Å²) in [6.07, 6.45) is 9.92. The van der Waals surface area contributed by atoms with Crippen LogP contribution < -0.4 is 0 Å². The van der Waals surface area contributed by atoms with Crippen molar-refractivity contribution in [2.45, 2.75) is 45.1 Å². The van der Waals surface area contributed by atoms with E-state index >= 15 is 0 Å². The Morgan fingerprint density at radius 1 is 1.29 bits per heavy atom. The Morgan fingerprint density at radius 3 is 2.96 bits per heavy atom. The second-order valence-electron chi connectivity index (χ2n) is 7.63. The third kappa shape index (κ3) is 3.17. The lowest BCUT2D eigenvalue weighted by molar-refractivity contribution is 0.0528. The molecule has 0 atom stereocenters. The highest BCUT2D eigenvalue weighted by atomic mass is 16.5. The summed E-state index contributed by atoms with van der Waals surface area (Å²) in [5.41, 5.74) is 6.09. The van der Waals surface area contributed by atoms with Crippen LogP contribution in [0.5, 0.6) is 0 Å². The van der Waals surface area contributed by atoms with Crippen molar-refractivity contribution >= 4 is 11.6 Å². The maximum Gasteiger partial charge on any atom is 0.343 e. The Morgan fingerprint density at radius 2 is 2.14 bits per heavy atom. The summed E-state index contributed by atoms with van der Waals surface area (Å²) < 4.78 is 6.73. The van der Waals surface area contributed by atoms with Gasteiger partial charge in [0, 0.05) is 55.6 Å². The van der Waals surface area contributed by atoms with Crippen molar-refractivity contribution in [3.8, 4) is 0 Å². The Bertz CT molecular complexity index is 1020. The molecule has 0 amide bonds. The topological polar surface area (TPSA) is 88.4 Å². The molecule has 146 valence electrons. The first-order valence-corrected chi connectivity index (χ1v) is 10.0. The van der Waals surface area contributed by atoms with Gasteiger partial charge in [-0.05, 0) is 31.7 Å². The molecule has 0 bridgehead atoms. The lowest BCUT2D eigenvalue weighted by Crippen LogP contribution is -2.26. The highest BCUT2D eigenvalue weighted by Crippen LogP contribution is 2.41. The summed E-state index contributed by atoms with van der Waals surface area (Å²) in [6.45, 7) is 4.94. The minimum Gasteiger partial charge on any atom is -0.462 e. The molecule has 1 fully saturated rings. The molecule has 28 heavy (non-hydrogen) atoms. The molecule has 1 aliphatic heterocycles. The maximum absolute atomic E-state index is 12.0. The van der Waals surface area contributed by atoms with E-state index < -0.39 is 0 Å². The molecule has 5 rings (SSSR count). The van der Waals surface area contributed by atoms with E-state index in [-0.39, 0.29) is 5.97 Å². The Kier molecular flexibility index (Phi) is 4.35.